The molecule has 0 heterocycles. The highest BCUT2D eigenvalue weighted by Gasteiger charge is 2.22. The number of benzene rings is 1. The van der Waals surface area contributed by atoms with Gasteiger partial charge in [0.05, 0.1) is 0 Å². The number of rotatable bonds is 1. The third-order valence-corrected chi connectivity index (χ3v) is 3.19. The highest BCUT2D eigenvalue weighted by Crippen LogP contribution is 2.33. The van der Waals surface area contributed by atoms with Crippen LogP contribution in [0, 0.1) is 6.92 Å². The lowest BCUT2D eigenvalue weighted by molar-refractivity contribution is -0.115. The lowest BCUT2D eigenvalue weighted by atomic mass is 9.84. The molecule has 0 amide bonds. The van der Waals surface area contributed by atoms with E-state index in [1.54, 1.807) is 0 Å². The van der Waals surface area contributed by atoms with E-state index in [1.807, 2.05) is 25.1 Å². The minimum Gasteiger partial charge on any atom is -0.402 e. The molecule has 3 heteroatoms. The van der Waals surface area contributed by atoms with Crippen LogP contribution >= 0.6 is 11.6 Å². The van der Waals surface area contributed by atoms with Gasteiger partial charge >= 0.3 is 0 Å². The molecule has 0 bridgehead atoms. The van der Waals surface area contributed by atoms with E-state index < -0.39 is 0 Å². The Morgan fingerprint density at radius 1 is 1.38 bits per heavy atom. The first kappa shape index (κ1) is 11.2. The Morgan fingerprint density at radius 3 is 2.81 bits per heavy atom. The molecule has 0 aliphatic heterocycles. The summed E-state index contributed by atoms with van der Waals surface area (Å²) in [5.74, 6) is 0.282. The first-order valence-electron chi connectivity index (χ1n) is 5.31. The van der Waals surface area contributed by atoms with Crippen molar-refractivity contribution in [3.05, 3.63) is 46.1 Å². The lowest BCUT2D eigenvalue weighted by Crippen LogP contribution is -2.17. The van der Waals surface area contributed by atoms with Gasteiger partial charge in [-0.1, -0.05) is 17.7 Å². The van der Waals surface area contributed by atoms with Crippen LogP contribution in [0.2, 0.25) is 5.02 Å². The van der Waals surface area contributed by atoms with Gasteiger partial charge in [0.25, 0.3) is 0 Å². The Kier molecular flexibility index (Phi) is 3.01. The molecule has 1 aliphatic carbocycles. The summed E-state index contributed by atoms with van der Waals surface area (Å²) >= 11 is 5.98. The van der Waals surface area contributed by atoms with Crippen LogP contribution in [0.15, 0.2) is 30.0 Å². The van der Waals surface area contributed by atoms with Gasteiger partial charge in [0.1, 0.15) is 0 Å². The van der Waals surface area contributed by atoms with E-state index in [1.165, 1.54) is 6.08 Å². The van der Waals surface area contributed by atoms with Crippen LogP contribution in [0.5, 0.6) is 0 Å². The molecule has 84 valence electrons. The molecule has 0 radical (unpaired) electrons. The largest absolute Gasteiger partial charge is 0.402 e. The van der Waals surface area contributed by atoms with Crippen molar-refractivity contribution in [2.75, 3.05) is 0 Å². The van der Waals surface area contributed by atoms with E-state index in [0.717, 1.165) is 17.5 Å². The zero-order valence-electron chi connectivity index (χ0n) is 9.16. The normalized spacial score (nSPS) is 20.8. The van der Waals surface area contributed by atoms with Gasteiger partial charge in [-0.2, -0.15) is 0 Å². The van der Waals surface area contributed by atoms with Crippen molar-refractivity contribution in [3.8, 4) is 0 Å². The summed E-state index contributed by atoms with van der Waals surface area (Å²) < 4.78 is 0. The van der Waals surface area contributed by atoms with Crippen molar-refractivity contribution in [3.63, 3.8) is 0 Å². The first-order chi connectivity index (χ1) is 7.56. The number of allylic oxidation sites excluding steroid dienone is 2. The fourth-order valence-corrected chi connectivity index (χ4v) is 2.38. The lowest BCUT2D eigenvalue weighted by Gasteiger charge is -2.22. The van der Waals surface area contributed by atoms with Crippen LogP contribution in [0.3, 0.4) is 0 Å². The van der Waals surface area contributed by atoms with Crippen molar-refractivity contribution in [1.82, 2.24) is 0 Å². The maximum absolute atomic E-state index is 11.5. The Balaban J connectivity index is 2.35. The van der Waals surface area contributed by atoms with E-state index in [9.17, 15) is 4.79 Å². The molecule has 0 saturated heterocycles. The van der Waals surface area contributed by atoms with Crippen molar-refractivity contribution < 1.29 is 4.79 Å². The Bertz CT molecular complexity index is 465. The van der Waals surface area contributed by atoms with Crippen molar-refractivity contribution in [2.45, 2.75) is 25.7 Å². The summed E-state index contributed by atoms with van der Waals surface area (Å²) in [7, 11) is 0. The summed E-state index contributed by atoms with van der Waals surface area (Å²) in [5.41, 5.74) is 8.72. The summed E-state index contributed by atoms with van der Waals surface area (Å²) in [5, 5.41) is 0.709. The summed E-state index contributed by atoms with van der Waals surface area (Å²) in [4.78, 5) is 11.5. The summed E-state index contributed by atoms with van der Waals surface area (Å²) in [6.45, 7) is 2.03. The molecule has 16 heavy (non-hydrogen) atoms. The average molecular weight is 236 g/mol. The molecule has 1 aliphatic rings. The van der Waals surface area contributed by atoms with Gasteiger partial charge < -0.3 is 5.73 Å². The second kappa shape index (κ2) is 4.30. The number of carbonyl (C=O) groups is 1. The molecule has 0 saturated carbocycles. The van der Waals surface area contributed by atoms with E-state index >= 15 is 0 Å². The molecule has 1 aromatic carbocycles. The number of carbonyl (C=O) groups excluding carboxylic acids is 1. The maximum atomic E-state index is 11.5. The number of halogens is 1. The van der Waals surface area contributed by atoms with Gasteiger partial charge in [0.15, 0.2) is 5.78 Å². The second-order valence-electron chi connectivity index (χ2n) is 4.29. The molecule has 1 aromatic rings. The quantitative estimate of drug-likeness (QED) is 0.813. The predicted molar refractivity (Wildman–Crippen MR) is 65.4 cm³/mol. The van der Waals surface area contributed by atoms with Crippen molar-refractivity contribution in [2.24, 2.45) is 5.73 Å². The standard InChI is InChI=1S/C13H14ClNO/c1-8-2-3-10(14)6-13(8)9-4-11(15)7-12(16)5-9/h2-3,6-7,9H,4-5,15H2,1H3. The number of nitrogens with two attached hydrogens (primary N) is 1. The Morgan fingerprint density at radius 2 is 2.12 bits per heavy atom. The molecule has 2 nitrogen and oxygen atoms in total. The minimum absolute atomic E-state index is 0.105. The molecule has 1 atom stereocenters. The molecular weight excluding hydrogens is 222 g/mol. The SMILES string of the molecule is Cc1ccc(Cl)cc1C1CC(=O)C=C(N)C1. The molecule has 1 unspecified atom stereocenters. The average Bonchev–Trinajstić information content (AvgIpc) is 2.20. The molecule has 0 fully saturated rings. The van der Waals surface area contributed by atoms with Crippen molar-refractivity contribution >= 4 is 17.4 Å². The maximum Gasteiger partial charge on any atom is 0.158 e. The second-order valence-corrected chi connectivity index (χ2v) is 4.73. The Labute approximate surface area is 100 Å². The topological polar surface area (TPSA) is 43.1 Å². The van der Waals surface area contributed by atoms with Crippen LogP contribution in [0.4, 0.5) is 0 Å². The van der Waals surface area contributed by atoms with Crippen LogP contribution in [0.1, 0.15) is 29.9 Å². The summed E-state index contributed by atoms with van der Waals surface area (Å²) in [6, 6.07) is 5.79. The smallest absolute Gasteiger partial charge is 0.158 e. The minimum atomic E-state index is 0.105. The van der Waals surface area contributed by atoms with E-state index in [2.05, 4.69) is 0 Å². The number of aryl methyl sites for hydroxylation is 1. The van der Waals surface area contributed by atoms with E-state index in [-0.39, 0.29) is 11.7 Å². The van der Waals surface area contributed by atoms with Gasteiger partial charge in [0, 0.05) is 17.1 Å². The molecule has 2 rings (SSSR count). The third kappa shape index (κ3) is 2.27. The number of hydrogen-bond acceptors (Lipinski definition) is 2. The Hall–Kier alpha value is -1.28. The molecule has 0 spiro atoms. The zero-order valence-corrected chi connectivity index (χ0v) is 9.92. The highest BCUT2D eigenvalue weighted by molar-refractivity contribution is 6.30. The van der Waals surface area contributed by atoms with Crippen LogP contribution in [-0.4, -0.2) is 5.78 Å². The molecule has 0 aromatic heterocycles. The van der Waals surface area contributed by atoms with Gasteiger partial charge in [-0.05, 0) is 48.6 Å². The van der Waals surface area contributed by atoms with Gasteiger partial charge in [-0.3, -0.25) is 4.79 Å². The van der Waals surface area contributed by atoms with E-state index in [0.29, 0.717) is 17.1 Å². The predicted octanol–water partition coefficient (Wildman–Crippen LogP) is 2.94. The van der Waals surface area contributed by atoms with Gasteiger partial charge in [0.2, 0.25) is 0 Å². The monoisotopic (exact) mass is 235 g/mol. The first-order valence-corrected chi connectivity index (χ1v) is 5.69. The summed E-state index contributed by atoms with van der Waals surface area (Å²) in [6.07, 6.45) is 2.81. The highest BCUT2D eigenvalue weighted by atomic mass is 35.5. The number of ketones is 1. The third-order valence-electron chi connectivity index (χ3n) is 2.96. The van der Waals surface area contributed by atoms with Crippen LogP contribution in [-0.2, 0) is 4.79 Å². The van der Waals surface area contributed by atoms with E-state index in [4.69, 9.17) is 17.3 Å². The van der Waals surface area contributed by atoms with Crippen LogP contribution in [0.25, 0.3) is 0 Å². The zero-order chi connectivity index (χ0) is 11.7. The van der Waals surface area contributed by atoms with Crippen molar-refractivity contribution in [1.29, 1.82) is 0 Å². The fraction of sp³-hybridized carbons (Fsp3) is 0.308. The molecule has 2 N–H and O–H groups in total. The van der Waals surface area contributed by atoms with Gasteiger partial charge in [-0.15, -0.1) is 0 Å². The van der Waals surface area contributed by atoms with Crippen LogP contribution < -0.4 is 5.73 Å². The molecular formula is C13H14ClNO. The van der Waals surface area contributed by atoms with Gasteiger partial charge in [-0.25, -0.2) is 0 Å². The number of hydrogen-bond donors (Lipinski definition) is 1. The fourth-order valence-electron chi connectivity index (χ4n) is 2.20.